The summed E-state index contributed by atoms with van der Waals surface area (Å²) in [4.78, 5) is 11.3. The summed E-state index contributed by atoms with van der Waals surface area (Å²) in [5, 5.41) is 2.57. The van der Waals surface area contributed by atoms with Crippen LogP contribution in [0.1, 0.15) is 6.92 Å². The highest BCUT2D eigenvalue weighted by molar-refractivity contribution is 7.92. The second-order valence-electron chi connectivity index (χ2n) is 6.80. The first-order chi connectivity index (χ1) is 15.3. The number of rotatable bonds is 8. The lowest BCUT2D eigenvalue weighted by Gasteiger charge is -2.15. The molecular formula is C23H24N2O6S. The molecule has 0 aliphatic carbocycles. The maximum absolute atomic E-state index is 13.2. The summed E-state index contributed by atoms with van der Waals surface area (Å²) in [6.45, 7) is 1.34. The van der Waals surface area contributed by atoms with Crippen LogP contribution in [-0.2, 0) is 14.8 Å². The van der Waals surface area contributed by atoms with E-state index in [1.54, 1.807) is 38.5 Å². The normalized spacial score (nSPS) is 10.9. The van der Waals surface area contributed by atoms with Crippen LogP contribution in [0.15, 0.2) is 65.6 Å². The van der Waals surface area contributed by atoms with Gasteiger partial charge in [0.05, 0.1) is 21.3 Å². The van der Waals surface area contributed by atoms with Gasteiger partial charge in [0.25, 0.3) is 10.0 Å². The number of amides is 1. The van der Waals surface area contributed by atoms with Crippen LogP contribution in [0, 0.1) is 0 Å². The van der Waals surface area contributed by atoms with Crippen LogP contribution < -0.4 is 24.2 Å². The molecule has 32 heavy (non-hydrogen) atoms. The number of ether oxygens (including phenoxy) is 3. The molecular weight excluding hydrogens is 432 g/mol. The number of carbonyl (C=O) groups is 1. The van der Waals surface area contributed by atoms with Crippen molar-refractivity contribution < 1.29 is 27.4 Å². The van der Waals surface area contributed by atoms with Crippen LogP contribution in [0.25, 0.3) is 11.1 Å². The van der Waals surface area contributed by atoms with E-state index < -0.39 is 10.0 Å². The van der Waals surface area contributed by atoms with E-state index in [1.165, 1.54) is 26.2 Å². The summed E-state index contributed by atoms with van der Waals surface area (Å²) in [5.41, 5.74) is 2.21. The number of benzene rings is 3. The van der Waals surface area contributed by atoms with Crippen LogP contribution in [0.4, 0.5) is 11.4 Å². The Labute approximate surface area is 187 Å². The highest BCUT2D eigenvalue weighted by Gasteiger charge is 2.21. The smallest absolute Gasteiger partial charge is 0.265 e. The standard InChI is InChI=1S/C23H24N2O6S/c1-15(26)24-17-7-12-22(31-4)23(14-17)32(27,28)25-18-8-11-21(30-3)20(13-18)16-5-9-19(29-2)10-6-16/h5-14,25H,1-4H3,(H,24,26). The molecule has 9 heteroatoms. The molecule has 3 rings (SSSR count). The van der Waals surface area contributed by atoms with Gasteiger partial charge >= 0.3 is 0 Å². The molecule has 0 aliphatic heterocycles. The van der Waals surface area contributed by atoms with Gasteiger partial charge < -0.3 is 19.5 Å². The van der Waals surface area contributed by atoms with E-state index in [4.69, 9.17) is 14.2 Å². The zero-order valence-corrected chi connectivity index (χ0v) is 18.9. The molecule has 0 atom stereocenters. The van der Waals surface area contributed by atoms with Gasteiger partial charge in [-0.1, -0.05) is 12.1 Å². The minimum absolute atomic E-state index is 0.104. The Morgan fingerprint density at radius 3 is 2.00 bits per heavy atom. The fourth-order valence-corrected chi connectivity index (χ4v) is 4.39. The van der Waals surface area contributed by atoms with Crippen molar-refractivity contribution in [3.05, 3.63) is 60.7 Å². The number of methoxy groups -OCH3 is 3. The van der Waals surface area contributed by atoms with Crippen LogP contribution in [0.2, 0.25) is 0 Å². The molecule has 0 spiro atoms. The summed E-state index contributed by atoms with van der Waals surface area (Å²) >= 11 is 0. The van der Waals surface area contributed by atoms with Crippen LogP contribution >= 0.6 is 0 Å². The predicted octanol–water partition coefficient (Wildman–Crippen LogP) is 4.14. The van der Waals surface area contributed by atoms with E-state index in [0.717, 1.165) is 5.56 Å². The molecule has 0 heterocycles. The maximum Gasteiger partial charge on any atom is 0.265 e. The van der Waals surface area contributed by atoms with Gasteiger partial charge in [-0.15, -0.1) is 0 Å². The van der Waals surface area contributed by atoms with Crippen molar-refractivity contribution >= 4 is 27.3 Å². The molecule has 0 unspecified atom stereocenters. The quantitative estimate of drug-likeness (QED) is 0.528. The molecule has 0 bridgehead atoms. The van der Waals surface area contributed by atoms with E-state index in [0.29, 0.717) is 28.4 Å². The summed E-state index contributed by atoms with van der Waals surface area (Å²) in [7, 11) is 0.476. The van der Waals surface area contributed by atoms with Crippen LogP contribution in [0.3, 0.4) is 0 Å². The number of nitrogens with one attached hydrogen (secondary N) is 2. The maximum atomic E-state index is 13.2. The zero-order chi connectivity index (χ0) is 23.3. The molecule has 0 aliphatic rings. The van der Waals surface area contributed by atoms with E-state index >= 15 is 0 Å². The molecule has 2 N–H and O–H groups in total. The molecule has 0 saturated carbocycles. The summed E-state index contributed by atoms with van der Waals surface area (Å²) in [5.74, 6) is 1.13. The average molecular weight is 457 g/mol. The highest BCUT2D eigenvalue weighted by Crippen LogP contribution is 2.35. The van der Waals surface area contributed by atoms with E-state index in [9.17, 15) is 13.2 Å². The second kappa shape index (κ2) is 9.61. The highest BCUT2D eigenvalue weighted by atomic mass is 32.2. The third-order valence-corrected chi connectivity index (χ3v) is 6.03. The summed E-state index contributed by atoms with van der Waals surface area (Å²) in [6, 6.07) is 16.7. The lowest BCUT2D eigenvalue weighted by Crippen LogP contribution is -2.15. The number of sulfonamides is 1. The molecule has 3 aromatic rings. The molecule has 0 radical (unpaired) electrons. The number of hydrogen-bond acceptors (Lipinski definition) is 6. The lowest BCUT2D eigenvalue weighted by molar-refractivity contribution is -0.114. The van der Waals surface area contributed by atoms with Crippen molar-refractivity contribution in [2.45, 2.75) is 11.8 Å². The monoisotopic (exact) mass is 456 g/mol. The molecule has 3 aromatic carbocycles. The van der Waals surface area contributed by atoms with Crippen molar-refractivity contribution in [3.63, 3.8) is 0 Å². The second-order valence-corrected chi connectivity index (χ2v) is 8.45. The third kappa shape index (κ3) is 5.12. The summed E-state index contributed by atoms with van der Waals surface area (Å²) in [6.07, 6.45) is 0. The Morgan fingerprint density at radius 2 is 1.41 bits per heavy atom. The van der Waals surface area contributed by atoms with Gasteiger partial charge in [0.2, 0.25) is 5.91 Å². The van der Waals surface area contributed by atoms with E-state index in [1.807, 2.05) is 24.3 Å². The average Bonchev–Trinajstić information content (AvgIpc) is 2.78. The van der Waals surface area contributed by atoms with Crippen LogP contribution in [0.5, 0.6) is 17.2 Å². The Morgan fingerprint density at radius 1 is 0.781 bits per heavy atom. The first-order valence-electron chi connectivity index (χ1n) is 9.58. The van der Waals surface area contributed by atoms with Gasteiger partial charge in [-0.3, -0.25) is 9.52 Å². The van der Waals surface area contributed by atoms with Gasteiger partial charge in [0.15, 0.2) is 0 Å². The molecule has 0 fully saturated rings. The Bertz CT molecular complexity index is 1220. The topological polar surface area (TPSA) is 103 Å². The minimum Gasteiger partial charge on any atom is -0.497 e. The van der Waals surface area contributed by atoms with Crippen LogP contribution in [-0.4, -0.2) is 35.7 Å². The number of anilines is 2. The van der Waals surface area contributed by atoms with E-state index in [-0.39, 0.29) is 16.6 Å². The molecule has 168 valence electrons. The van der Waals surface area contributed by atoms with Gasteiger partial charge in [-0.25, -0.2) is 8.42 Å². The third-order valence-electron chi connectivity index (χ3n) is 4.63. The molecule has 0 saturated heterocycles. The minimum atomic E-state index is -4.03. The Balaban J connectivity index is 2.00. The van der Waals surface area contributed by atoms with E-state index in [2.05, 4.69) is 10.0 Å². The lowest BCUT2D eigenvalue weighted by atomic mass is 10.0. The van der Waals surface area contributed by atoms with Crippen molar-refractivity contribution in [1.29, 1.82) is 0 Å². The molecule has 0 aromatic heterocycles. The van der Waals surface area contributed by atoms with Gasteiger partial charge in [-0.2, -0.15) is 0 Å². The van der Waals surface area contributed by atoms with Crippen molar-refractivity contribution in [2.24, 2.45) is 0 Å². The number of carbonyl (C=O) groups excluding carboxylic acids is 1. The Kier molecular flexibility index (Phi) is 6.89. The van der Waals surface area contributed by atoms with Crippen molar-refractivity contribution in [1.82, 2.24) is 0 Å². The molecule has 1 amide bonds. The summed E-state index contributed by atoms with van der Waals surface area (Å²) < 4.78 is 44.7. The molecule has 8 nitrogen and oxygen atoms in total. The van der Waals surface area contributed by atoms with Gasteiger partial charge in [-0.05, 0) is 54.1 Å². The largest absolute Gasteiger partial charge is 0.497 e. The number of hydrogen-bond donors (Lipinski definition) is 2. The SMILES string of the molecule is COc1ccc(-c2cc(NS(=O)(=O)c3cc(NC(C)=O)ccc3OC)ccc2OC)cc1. The van der Waals surface area contributed by atoms with Crippen molar-refractivity contribution in [3.8, 4) is 28.4 Å². The first-order valence-corrected chi connectivity index (χ1v) is 11.1. The zero-order valence-electron chi connectivity index (χ0n) is 18.1. The van der Waals surface area contributed by atoms with Gasteiger partial charge in [0, 0.05) is 23.9 Å². The van der Waals surface area contributed by atoms with Gasteiger partial charge in [0.1, 0.15) is 22.1 Å². The Hall–Kier alpha value is -3.72. The predicted molar refractivity (Wildman–Crippen MR) is 123 cm³/mol. The fourth-order valence-electron chi connectivity index (χ4n) is 3.15. The fraction of sp³-hybridized carbons (Fsp3) is 0.174. The first kappa shape index (κ1) is 23.0. The van der Waals surface area contributed by atoms with Crippen molar-refractivity contribution in [2.75, 3.05) is 31.4 Å².